The van der Waals surface area contributed by atoms with Gasteiger partial charge in [0.25, 0.3) is 5.56 Å². The molecule has 162 valence electrons. The lowest BCUT2D eigenvalue weighted by atomic mass is 9.97. The number of carbonyl (C=O) groups excluding carboxylic acids is 1. The van der Waals surface area contributed by atoms with Gasteiger partial charge in [0, 0.05) is 17.5 Å². The van der Waals surface area contributed by atoms with Gasteiger partial charge in [-0.2, -0.15) is 0 Å². The molecule has 2 heterocycles. The quantitative estimate of drug-likeness (QED) is 0.455. The minimum Gasteiger partial charge on any atom is -0.355 e. The number of hydrogen-bond donors (Lipinski definition) is 2. The normalized spacial score (nSPS) is 14.9. The minimum absolute atomic E-state index is 0.0346. The average Bonchev–Trinajstić information content (AvgIpc) is 3.23. The van der Waals surface area contributed by atoms with E-state index in [4.69, 9.17) is 0 Å². The smallest absolute Gasteiger partial charge is 0.260 e. The van der Waals surface area contributed by atoms with E-state index in [-0.39, 0.29) is 16.7 Å². The minimum atomic E-state index is -0.204. The number of nitrogens with one attached hydrogen (secondary N) is 2. The van der Waals surface area contributed by atoms with Crippen molar-refractivity contribution in [2.75, 3.05) is 6.54 Å². The van der Waals surface area contributed by atoms with Gasteiger partial charge >= 0.3 is 0 Å². The SMILES string of the molecule is CC(SCc1nc2scc(-c3ccccc3)c2c(=O)[nH]1)C(=O)NCCC1=CCCCC1. The van der Waals surface area contributed by atoms with E-state index in [9.17, 15) is 9.59 Å². The number of aromatic amines is 1. The van der Waals surface area contributed by atoms with Crippen LogP contribution in [0.5, 0.6) is 0 Å². The molecule has 3 aromatic rings. The van der Waals surface area contributed by atoms with Crippen molar-refractivity contribution in [3.63, 3.8) is 0 Å². The molecule has 4 rings (SSSR count). The van der Waals surface area contributed by atoms with Crippen molar-refractivity contribution in [3.8, 4) is 11.1 Å². The van der Waals surface area contributed by atoms with Crippen LogP contribution in [0.25, 0.3) is 21.3 Å². The predicted octanol–water partition coefficient (Wildman–Crippen LogP) is 5.28. The highest BCUT2D eigenvalue weighted by atomic mass is 32.2. The van der Waals surface area contributed by atoms with Gasteiger partial charge in [-0.25, -0.2) is 4.98 Å². The Hall–Kier alpha value is -2.38. The van der Waals surface area contributed by atoms with Crippen molar-refractivity contribution in [2.45, 2.75) is 50.0 Å². The predicted molar refractivity (Wildman–Crippen MR) is 131 cm³/mol. The summed E-state index contributed by atoms with van der Waals surface area (Å²) in [6.07, 6.45) is 8.14. The van der Waals surface area contributed by atoms with Gasteiger partial charge in [-0.3, -0.25) is 9.59 Å². The van der Waals surface area contributed by atoms with Crippen LogP contribution in [0, 0.1) is 0 Å². The standard InChI is InChI=1S/C24H27N3O2S2/c1-16(22(28)25-13-12-17-8-4-2-5-9-17)30-15-20-26-23(29)21-19(14-31-24(21)27-20)18-10-6-3-7-11-18/h3,6-8,10-11,14,16H,2,4-5,9,12-13,15H2,1H3,(H,25,28)(H,26,27,29). The molecule has 0 bridgehead atoms. The zero-order valence-corrected chi connectivity index (χ0v) is 19.3. The second kappa shape index (κ2) is 10.3. The summed E-state index contributed by atoms with van der Waals surface area (Å²) < 4.78 is 0. The zero-order chi connectivity index (χ0) is 21.6. The maximum absolute atomic E-state index is 12.7. The van der Waals surface area contributed by atoms with Crippen molar-refractivity contribution in [1.82, 2.24) is 15.3 Å². The van der Waals surface area contributed by atoms with Crippen molar-refractivity contribution in [2.24, 2.45) is 0 Å². The number of nitrogens with zero attached hydrogens (tertiary/aromatic N) is 1. The largest absolute Gasteiger partial charge is 0.355 e. The van der Waals surface area contributed by atoms with E-state index < -0.39 is 0 Å². The second-order valence-corrected chi connectivity index (χ2v) is 10.00. The fraction of sp³-hybridized carbons (Fsp3) is 0.375. The Morgan fingerprint density at radius 2 is 2.13 bits per heavy atom. The molecular weight excluding hydrogens is 426 g/mol. The van der Waals surface area contributed by atoms with Gasteiger partial charge in [-0.15, -0.1) is 23.1 Å². The van der Waals surface area contributed by atoms with Gasteiger partial charge in [-0.05, 0) is 44.6 Å². The molecule has 0 saturated heterocycles. The molecule has 2 aromatic heterocycles. The Bertz CT molecular complexity index is 1130. The molecule has 7 heteroatoms. The fourth-order valence-corrected chi connectivity index (χ4v) is 5.54. The van der Waals surface area contributed by atoms with Crippen molar-refractivity contribution in [3.05, 3.63) is 63.5 Å². The summed E-state index contributed by atoms with van der Waals surface area (Å²) in [6.45, 7) is 2.59. The summed E-state index contributed by atoms with van der Waals surface area (Å²) >= 11 is 2.97. The summed E-state index contributed by atoms with van der Waals surface area (Å²) in [4.78, 5) is 33.4. The highest BCUT2D eigenvalue weighted by molar-refractivity contribution is 7.99. The maximum Gasteiger partial charge on any atom is 0.260 e. The first-order chi connectivity index (χ1) is 15.1. The molecule has 0 aliphatic heterocycles. The Morgan fingerprint density at radius 3 is 2.90 bits per heavy atom. The molecule has 5 nitrogen and oxygen atoms in total. The molecule has 1 aromatic carbocycles. The molecule has 1 amide bonds. The van der Waals surface area contributed by atoms with Crippen molar-refractivity contribution < 1.29 is 4.79 Å². The number of allylic oxidation sites excluding steroid dienone is 1. The molecule has 1 aliphatic rings. The Morgan fingerprint density at radius 1 is 1.29 bits per heavy atom. The molecule has 0 spiro atoms. The lowest BCUT2D eigenvalue weighted by Gasteiger charge is -2.15. The van der Waals surface area contributed by atoms with Gasteiger partial charge < -0.3 is 10.3 Å². The van der Waals surface area contributed by atoms with E-state index in [2.05, 4.69) is 21.4 Å². The molecule has 0 saturated carbocycles. The van der Waals surface area contributed by atoms with Gasteiger partial charge in [-0.1, -0.05) is 42.0 Å². The van der Waals surface area contributed by atoms with E-state index >= 15 is 0 Å². The highest BCUT2D eigenvalue weighted by Crippen LogP contribution is 2.30. The second-order valence-electron chi connectivity index (χ2n) is 7.81. The van der Waals surface area contributed by atoms with Crippen LogP contribution in [0.15, 0.2) is 52.2 Å². The van der Waals surface area contributed by atoms with E-state index in [0.717, 1.165) is 28.8 Å². The third-order valence-electron chi connectivity index (χ3n) is 5.55. The Kier molecular flexibility index (Phi) is 7.25. The number of H-pyrrole nitrogens is 1. The van der Waals surface area contributed by atoms with Gasteiger partial charge in [0.2, 0.25) is 5.91 Å². The van der Waals surface area contributed by atoms with Gasteiger partial charge in [0.15, 0.2) is 0 Å². The van der Waals surface area contributed by atoms with Crippen molar-refractivity contribution in [1.29, 1.82) is 0 Å². The number of fused-ring (bicyclic) bond motifs is 1. The lowest BCUT2D eigenvalue weighted by molar-refractivity contribution is -0.120. The molecule has 2 N–H and O–H groups in total. The van der Waals surface area contributed by atoms with Crippen molar-refractivity contribution >= 4 is 39.2 Å². The molecule has 0 fully saturated rings. The van der Waals surface area contributed by atoms with E-state index in [0.29, 0.717) is 23.5 Å². The molecule has 0 radical (unpaired) electrons. The van der Waals surface area contributed by atoms with Crippen LogP contribution in [0.2, 0.25) is 0 Å². The van der Waals surface area contributed by atoms with Crippen LogP contribution in [0.4, 0.5) is 0 Å². The highest BCUT2D eigenvalue weighted by Gasteiger charge is 2.16. The monoisotopic (exact) mass is 453 g/mol. The summed E-state index contributed by atoms with van der Waals surface area (Å²) in [5.41, 5.74) is 3.26. The number of benzene rings is 1. The molecule has 1 atom stereocenters. The number of hydrogen-bond acceptors (Lipinski definition) is 5. The van der Waals surface area contributed by atoms with Crippen LogP contribution in [0.1, 0.15) is 44.9 Å². The van der Waals surface area contributed by atoms with Gasteiger partial charge in [0.05, 0.1) is 16.4 Å². The molecule has 31 heavy (non-hydrogen) atoms. The topological polar surface area (TPSA) is 74.8 Å². The number of aromatic nitrogens is 2. The number of thiophene rings is 1. The number of thioether (sulfide) groups is 1. The lowest BCUT2D eigenvalue weighted by Crippen LogP contribution is -2.32. The summed E-state index contributed by atoms with van der Waals surface area (Å²) in [7, 11) is 0. The Balaban J connectivity index is 1.35. The van der Waals surface area contributed by atoms with Crippen LogP contribution in [-0.2, 0) is 10.5 Å². The van der Waals surface area contributed by atoms with Gasteiger partial charge in [0.1, 0.15) is 10.7 Å². The first-order valence-corrected chi connectivity index (χ1v) is 12.7. The fourth-order valence-electron chi connectivity index (χ4n) is 3.79. The van der Waals surface area contributed by atoms with Crippen LogP contribution in [-0.4, -0.2) is 27.7 Å². The van der Waals surface area contributed by atoms with E-state index in [1.165, 1.54) is 47.9 Å². The van der Waals surface area contributed by atoms with Crippen LogP contribution < -0.4 is 10.9 Å². The van der Waals surface area contributed by atoms with E-state index in [1.807, 2.05) is 42.6 Å². The number of amides is 1. The third-order valence-corrected chi connectivity index (χ3v) is 7.57. The number of carbonyl (C=O) groups is 1. The van der Waals surface area contributed by atoms with Crippen LogP contribution >= 0.6 is 23.1 Å². The molecular formula is C24H27N3O2S2. The first-order valence-electron chi connectivity index (χ1n) is 10.7. The summed E-state index contributed by atoms with van der Waals surface area (Å²) in [5, 5.41) is 5.45. The maximum atomic E-state index is 12.7. The average molecular weight is 454 g/mol. The first kappa shape index (κ1) is 21.8. The zero-order valence-electron chi connectivity index (χ0n) is 17.6. The van der Waals surface area contributed by atoms with E-state index in [1.54, 1.807) is 0 Å². The molecule has 1 unspecified atom stereocenters. The van der Waals surface area contributed by atoms with Crippen LogP contribution in [0.3, 0.4) is 0 Å². The Labute approximate surface area is 190 Å². The summed E-state index contributed by atoms with van der Waals surface area (Å²) in [6, 6.07) is 9.88. The number of rotatable bonds is 8. The molecule has 1 aliphatic carbocycles. The third kappa shape index (κ3) is 5.46. The summed E-state index contributed by atoms with van der Waals surface area (Å²) in [5.74, 6) is 1.13.